The summed E-state index contributed by atoms with van der Waals surface area (Å²) in [6, 6.07) is 10.1. The van der Waals surface area contributed by atoms with Crippen LogP contribution in [0.25, 0.3) is 0 Å². The van der Waals surface area contributed by atoms with Crippen molar-refractivity contribution in [2.75, 3.05) is 5.88 Å². The van der Waals surface area contributed by atoms with Gasteiger partial charge >= 0.3 is 0 Å². The molecule has 1 nitrogen and oxygen atoms in total. The molecule has 0 bridgehead atoms. The lowest BCUT2D eigenvalue weighted by Gasteiger charge is -2.40. The van der Waals surface area contributed by atoms with Gasteiger partial charge in [-0.05, 0) is 36.7 Å². The summed E-state index contributed by atoms with van der Waals surface area (Å²) in [6.07, 6.45) is 6.67. The Kier molecular flexibility index (Phi) is 5.29. The summed E-state index contributed by atoms with van der Waals surface area (Å²) in [5.41, 5.74) is 0.303. The van der Waals surface area contributed by atoms with Crippen molar-refractivity contribution in [2.24, 2.45) is 11.8 Å². The predicted octanol–water partition coefficient (Wildman–Crippen LogP) is 4.72. The summed E-state index contributed by atoms with van der Waals surface area (Å²) in [5.74, 6) is 1.72. The largest absolute Gasteiger partial charge is 0.385 e. The van der Waals surface area contributed by atoms with Crippen molar-refractivity contribution in [1.29, 1.82) is 0 Å². The Balaban J connectivity index is 2.16. The van der Waals surface area contributed by atoms with Crippen molar-refractivity contribution >= 4 is 11.6 Å². The van der Waals surface area contributed by atoms with Gasteiger partial charge in [0.15, 0.2) is 0 Å². The highest BCUT2D eigenvalue weighted by molar-refractivity contribution is 6.17. The monoisotopic (exact) mass is 280 g/mol. The van der Waals surface area contributed by atoms with E-state index in [9.17, 15) is 5.11 Å². The molecule has 1 unspecified atom stereocenters. The number of aliphatic hydroxyl groups is 1. The molecule has 1 aromatic carbocycles. The van der Waals surface area contributed by atoms with E-state index in [1.165, 1.54) is 19.3 Å². The molecule has 1 saturated carbocycles. The Labute approximate surface area is 122 Å². The molecule has 106 valence electrons. The van der Waals surface area contributed by atoms with Crippen molar-refractivity contribution in [3.05, 3.63) is 35.9 Å². The Morgan fingerprint density at radius 2 is 1.79 bits per heavy atom. The third kappa shape index (κ3) is 3.32. The zero-order valence-electron chi connectivity index (χ0n) is 11.8. The fourth-order valence-corrected chi connectivity index (χ4v) is 3.79. The van der Waals surface area contributed by atoms with Crippen LogP contribution in [0, 0.1) is 11.8 Å². The van der Waals surface area contributed by atoms with Gasteiger partial charge < -0.3 is 5.11 Å². The number of rotatable bonds is 5. The van der Waals surface area contributed by atoms with Gasteiger partial charge in [-0.25, -0.2) is 0 Å². The molecule has 0 heterocycles. The van der Waals surface area contributed by atoms with E-state index in [0.29, 0.717) is 18.2 Å². The molecule has 1 atom stereocenters. The van der Waals surface area contributed by atoms with Crippen LogP contribution in [0.15, 0.2) is 30.3 Å². The van der Waals surface area contributed by atoms with E-state index in [4.69, 9.17) is 11.6 Å². The lowest BCUT2D eigenvalue weighted by molar-refractivity contribution is -0.0467. The number of halogens is 1. The second-order valence-electron chi connectivity index (χ2n) is 5.86. The van der Waals surface area contributed by atoms with Crippen LogP contribution in [0.5, 0.6) is 0 Å². The topological polar surface area (TPSA) is 20.2 Å². The van der Waals surface area contributed by atoms with E-state index in [1.54, 1.807) is 0 Å². The Morgan fingerprint density at radius 1 is 1.16 bits per heavy atom. The van der Waals surface area contributed by atoms with E-state index < -0.39 is 5.60 Å². The van der Waals surface area contributed by atoms with Crippen molar-refractivity contribution in [1.82, 2.24) is 0 Å². The molecular formula is C17H25ClO. The molecule has 1 fully saturated rings. The van der Waals surface area contributed by atoms with Gasteiger partial charge in [0.05, 0.1) is 5.60 Å². The number of benzene rings is 1. The van der Waals surface area contributed by atoms with Gasteiger partial charge in [-0.15, -0.1) is 11.6 Å². The molecule has 0 spiro atoms. The average Bonchev–Trinajstić information content (AvgIpc) is 2.48. The van der Waals surface area contributed by atoms with Gasteiger partial charge in [0.2, 0.25) is 0 Å². The Hall–Kier alpha value is -0.530. The quantitative estimate of drug-likeness (QED) is 0.774. The van der Waals surface area contributed by atoms with E-state index in [-0.39, 0.29) is 0 Å². The minimum atomic E-state index is -0.734. The Bertz CT molecular complexity index is 370. The first-order valence-electron chi connectivity index (χ1n) is 7.54. The van der Waals surface area contributed by atoms with Crippen LogP contribution in [0.4, 0.5) is 0 Å². The summed E-state index contributed by atoms with van der Waals surface area (Å²) in [6.45, 7) is 2.27. The lowest BCUT2D eigenvalue weighted by Crippen LogP contribution is -2.38. The van der Waals surface area contributed by atoms with Crippen LogP contribution in [0.1, 0.15) is 51.0 Å². The fraction of sp³-hybridized carbons (Fsp3) is 0.647. The highest BCUT2D eigenvalue weighted by atomic mass is 35.5. The molecule has 1 aliphatic rings. The molecule has 0 aliphatic heterocycles. The average molecular weight is 281 g/mol. The fourth-order valence-electron chi connectivity index (χ4n) is 3.50. The first-order valence-corrected chi connectivity index (χ1v) is 8.08. The van der Waals surface area contributed by atoms with Gasteiger partial charge in [0.1, 0.15) is 0 Å². The van der Waals surface area contributed by atoms with Crippen molar-refractivity contribution in [2.45, 2.75) is 51.0 Å². The zero-order valence-corrected chi connectivity index (χ0v) is 12.6. The normalized spacial score (nSPS) is 26.9. The maximum Gasteiger partial charge on any atom is 0.0935 e. The van der Waals surface area contributed by atoms with E-state index in [2.05, 4.69) is 6.92 Å². The maximum atomic E-state index is 11.2. The third-order valence-corrected chi connectivity index (χ3v) is 5.04. The highest BCUT2D eigenvalue weighted by Gasteiger charge is 2.39. The summed E-state index contributed by atoms with van der Waals surface area (Å²) in [5, 5.41) is 11.2. The molecule has 1 aromatic rings. The summed E-state index contributed by atoms with van der Waals surface area (Å²) in [7, 11) is 0. The van der Waals surface area contributed by atoms with E-state index in [0.717, 1.165) is 24.3 Å². The molecule has 1 N–H and O–H groups in total. The minimum Gasteiger partial charge on any atom is -0.385 e. The summed E-state index contributed by atoms with van der Waals surface area (Å²) in [4.78, 5) is 0. The van der Waals surface area contributed by atoms with Gasteiger partial charge in [-0.2, -0.15) is 0 Å². The van der Waals surface area contributed by atoms with Crippen LogP contribution in [-0.4, -0.2) is 11.0 Å². The zero-order chi connectivity index (χ0) is 13.7. The van der Waals surface area contributed by atoms with Gasteiger partial charge in [-0.1, -0.05) is 56.5 Å². The highest BCUT2D eigenvalue weighted by Crippen LogP contribution is 2.43. The molecule has 0 amide bonds. The smallest absolute Gasteiger partial charge is 0.0935 e. The van der Waals surface area contributed by atoms with Crippen LogP contribution < -0.4 is 0 Å². The molecule has 0 aromatic heterocycles. The first-order chi connectivity index (χ1) is 9.20. The summed E-state index contributed by atoms with van der Waals surface area (Å²) >= 11 is 5.95. The van der Waals surface area contributed by atoms with Gasteiger partial charge in [0.25, 0.3) is 0 Å². The van der Waals surface area contributed by atoms with Crippen LogP contribution in [0.3, 0.4) is 0 Å². The molecule has 0 saturated heterocycles. The van der Waals surface area contributed by atoms with Crippen LogP contribution >= 0.6 is 11.6 Å². The van der Waals surface area contributed by atoms with Crippen molar-refractivity contribution < 1.29 is 5.11 Å². The van der Waals surface area contributed by atoms with Crippen LogP contribution in [-0.2, 0) is 5.60 Å². The number of hydrogen-bond acceptors (Lipinski definition) is 1. The summed E-state index contributed by atoms with van der Waals surface area (Å²) < 4.78 is 0. The minimum absolute atomic E-state index is 0.358. The molecule has 2 heteroatoms. The van der Waals surface area contributed by atoms with Crippen LogP contribution in [0.2, 0.25) is 0 Å². The second-order valence-corrected chi connectivity index (χ2v) is 6.23. The number of hydrogen-bond donors (Lipinski definition) is 1. The SMILES string of the molecule is CCC1CCC(C(O)(CCCl)c2ccccc2)CC1. The third-order valence-electron chi connectivity index (χ3n) is 4.85. The molecule has 19 heavy (non-hydrogen) atoms. The first kappa shape index (κ1) is 14.9. The lowest BCUT2D eigenvalue weighted by atomic mass is 9.69. The molecule has 0 radical (unpaired) electrons. The van der Waals surface area contributed by atoms with Crippen molar-refractivity contribution in [3.8, 4) is 0 Å². The maximum absolute atomic E-state index is 11.2. The van der Waals surface area contributed by atoms with E-state index in [1.807, 2.05) is 30.3 Å². The van der Waals surface area contributed by atoms with Crippen molar-refractivity contribution in [3.63, 3.8) is 0 Å². The number of alkyl halides is 1. The van der Waals surface area contributed by atoms with E-state index >= 15 is 0 Å². The Morgan fingerprint density at radius 3 is 2.32 bits per heavy atom. The predicted molar refractivity (Wildman–Crippen MR) is 81.4 cm³/mol. The van der Waals surface area contributed by atoms with Gasteiger partial charge in [0, 0.05) is 5.88 Å². The molecule has 1 aliphatic carbocycles. The molecular weight excluding hydrogens is 256 g/mol. The van der Waals surface area contributed by atoms with Gasteiger partial charge in [-0.3, -0.25) is 0 Å². The standard InChI is InChI=1S/C17H25ClO/c1-2-14-8-10-16(11-9-14)17(19,12-13-18)15-6-4-3-5-7-15/h3-7,14,16,19H,2,8-13H2,1H3. The second kappa shape index (κ2) is 6.76. The molecule has 2 rings (SSSR count).